The van der Waals surface area contributed by atoms with Crippen molar-refractivity contribution in [2.45, 2.75) is 26.3 Å². The van der Waals surface area contributed by atoms with E-state index in [1.807, 2.05) is 12.1 Å². The first-order valence-corrected chi connectivity index (χ1v) is 9.45. The molecule has 21 heavy (non-hydrogen) atoms. The maximum absolute atomic E-state index is 5.79. The molecule has 5 heteroatoms. The summed E-state index contributed by atoms with van der Waals surface area (Å²) >= 11 is 8.82. The van der Waals surface area contributed by atoms with Gasteiger partial charge in [-0.1, -0.05) is 22.9 Å². The van der Waals surface area contributed by atoms with Crippen LogP contribution in [0.5, 0.6) is 5.75 Å². The van der Waals surface area contributed by atoms with Crippen molar-refractivity contribution < 1.29 is 4.74 Å². The summed E-state index contributed by atoms with van der Waals surface area (Å²) in [5.74, 6) is 0.978. The molecule has 0 amide bonds. The highest BCUT2D eigenvalue weighted by atomic mass is 79.9. The largest absolute Gasteiger partial charge is 0.493 e. The highest BCUT2D eigenvalue weighted by Gasteiger charge is 2.05. The first-order valence-electron chi connectivity index (χ1n) is 7.05. The molecule has 0 radical (unpaired) electrons. The summed E-state index contributed by atoms with van der Waals surface area (Å²) in [6, 6.07) is 10.5. The van der Waals surface area contributed by atoms with E-state index >= 15 is 0 Å². The van der Waals surface area contributed by atoms with Crippen LogP contribution in [0.25, 0.3) is 0 Å². The lowest BCUT2D eigenvalue weighted by Gasteiger charge is -2.12. The minimum Gasteiger partial charge on any atom is -0.493 e. The minimum absolute atomic E-state index is 0.762. The number of nitrogens with one attached hydrogen (secondary N) is 1. The van der Waals surface area contributed by atoms with Crippen molar-refractivity contribution in [3.63, 3.8) is 0 Å². The molecule has 0 saturated carbocycles. The first-order chi connectivity index (χ1) is 10.2. The molecule has 0 bridgehead atoms. The topological polar surface area (TPSA) is 21.3 Å². The maximum Gasteiger partial charge on any atom is 0.123 e. The number of halogens is 2. The van der Waals surface area contributed by atoms with Gasteiger partial charge in [-0.3, -0.25) is 0 Å². The predicted octanol–water partition coefficient (Wildman–Crippen LogP) is 5.39. The van der Waals surface area contributed by atoms with E-state index in [2.05, 4.69) is 62.3 Å². The molecule has 1 aromatic carbocycles. The molecule has 0 fully saturated rings. The molecule has 114 valence electrons. The SMILES string of the molecule is CCCOc1ccc(Br)cc1CNCCc1ccc(Br)s1. The summed E-state index contributed by atoms with van der Waals surface area (Å²) in [5.41, 5.74) is 1.20. The Balaban J connectivity index is 1.85. The van der Waals surface area contributed by atoms with Crippen LogP contribution in [-0.4, -0.2) is 13.2 Å². The lowest BCUT2D eigenvalue weighted by Crippen LogP contribution is -2.17. The molecule has 0 aliphatic rings. The second-order valence-corrected chi connectivity index (χ2v) is 8.20. The Bertz CT molecular complexity index is 571. The standard InChI is InChI=1S/C16H19Br2NOS/c1-2-9-20-15-5-3-13(17)10-12(15)11-19-8-7-14-4-6-16(18)21-14/h3-6,10,19H,2,7-9,11H2,1H3. The third-order valence-corrected chi connectivity index (χ3v) is 5.15. The van der Waals surface area contributed by atoms with Gasteiger partial charge in [-0.15, -0.1) is 11.3 Å². The Labute approximate surface area is 147 Å². The minimum atomic E-state index is 0.762. The normalized spacial score (nSPS) is 10.8. The van der Waals surface area contributed by atoms with Crippen LogP contribution in [0, 0.1) is 0 Å². The zero-order valence-corrected chi connectivity index (χ0v) is 16.0. The molecule has 0 aliphatic carbocycles. The number of benzene rings is 1. The highest BCUT2D eigenvalue weighted by molar-refractivity contribution is 9.11. The van der Waals surface area contributed by atoms with E-state index < -0.39 is 0 Å². The van der Waals surface area contributed by atoms with Crippen LogP contribution >= 0.6 is 43.2 Å². The molecule has 0 saturated heterocycles. The van der Waals surface area contributed by atoms with Gasteiger partial charge in [0.2, 0.25) is 0 Å². The summed E-state index contributed by atoms with van der Waals surface area (Å²) in [6.07, 6.45) is 2.08. The van der Waals surface area contributed by atoms with Gasteiger partial charge in [0.05, 0.1) is 10.4 Å². The predicted molar refractivity (Wildman–Crippen MR) is 97.4 cm³/mol. The third kappa shape index (κ3) is 5.74. The van der Waals surface area contributed by atoms with Crippen LogP contribution in [0.2, 0.25) is 0 Å². The zero-order chi connectivity index (χ0) is 15.1. The quantitative estimate of drug-likeness (QED) is 0.564. The van der Waals surface area contributed by atoms with E-state index in [4.69, 9.17) is 4.74 Å². The van der Waals surface area contributed by atoms with E-state index in [-0.39, 0.29) is 0 Å². The van der Waals surface area contributed by atoms with Crippen molar-refractivity contribution in [2.24, 2.45) is 0 Å². The first kappa shape index (κ1) is 17.0. The second kappa shape index (κ2) is 8.93. The van der Waals surface area contributed by atoms with Gasteiger partial charge in [0.25, 0.3) is 0 Å². The highest BCUT2D eigenvalue weighted by Crippen LogP contribution is 2.24. The number of rotatable bonds is 8. The molecular formula is C16H19Br2NOS. The van der Waals surface area contributed by atoms with Crippen LogP contribution in [0.4, 0.5) is 0 Å². The molecule has 1 N–H and O–H groups in total. The zero-order valence-electron chi connectivity index (χ0n) is 12.0. The van der Waals surface area contributed by atoms with Crippen molar-refractivity contribution >= 4 is 43.2 Å². The van der Waals surface area contributed by atoms with Gasteiger partial charge < -0.3 is 10.1 Å². The fourth-order valence-corrected chi connectivity index (χ4v) is 3.85. The lowest BCUT2D eigenvalue weighted by atomic mass is 10.2. The molecule has 0 atom stereocenters. The number of hydrogen-bond acceptors (Lipinski definition) is 3. The molecular weight excluding hydrogens is 414 g/mol. The molecule has 1 aromatic heterocycles. The number of thiophene rings is 1. The van der Waals surface area contributed by atoms with Gasteiger partial charge in [-0.05, 0) is 59.1 Å². The average Bonchev–Trinajstić information content (AvgIpc) is 2.88. The van der Waals surface area contributed by atoms with Gasteiger partial charge in [-0.2, -0.15) is 0 Å². The molecule has 1 heterocycles. The Morgan fingerprint density at radius 1 is 1.19 bits per heavy atom. The number of hydrogen-bond donors (Lipinski definition) is 1. The molecule has 2 rings (SSSR count). The fraction of sp³-hybridized carbons (Fsp3) is 0.375. The summed E-state index contributed by atoms with van der Waals surface area (Å²) in [5, 5.41) is 3.49. The van der Waals surface area contributed by atoms with Crippen LogP contribution in [0.3, 0.4) is 0 Å². The van der Waals surface area contributed by atoms with Gasteiger partial charge >= 0.3 is 0 Å². The van der Waals surface area contributed by atoms with Crippen LogP contribution in [0.1, 0.15) is 23.8 Å². The van der Waals surface area contributed by atoms with Gasteiger partial charge in [-0.25, -0.2) is 0 Å². The molecule has 2 nitrogen and oxygen atoms in total. The van der Waals surface area contributed by atoms with Crippen molar-refractivity contribution in [3.05, 3.63) is 49.0 Å². The Hall–Kier alpha value is -0.360. The summed E-state index contributed by atoms with van der Waals surface area (Å²) < 4.78 is 8.08. The van der Waals surface area contributed by atoms with Gasteiger partial charge in [0, 0.05) is 28.0 Å². The van der Waals surface area contributed by atoms with Crippen molar-refractivity contribution in [1.82, 2.24) is 5.32 Å². The lowest BCUT2D eigenvalue weighted by molar-refractivity contribution is 0.313. The molecule has 2 aromatic rings. The van der Waals surface area contributed by atoms with E-state index in [9.17, 15) is 0 Å². The van der Waals surface area contributed by atoms with Crippen molar-refractivity contribution in [2.75, 3.05) is 13.2 Å². The summed E-state index contributed by atoms with van der Waals surface area (Å²) in [4.78, 5) is 1.39. The Morgan fingerprint density at radius 2 is 2.05 bits per heavy atom. The molecule has 0 aliphatic heterocycles. The Morgan fingerprint density at radius 3 is 2.76 bits per heavy atom. The van der Waals surface area contributed by atoms with Crippen molar-refractivity contribution in [1.29, 1.82) is 0 Å². The monoisotopic (exact) mass is 431 g/mol. The fourth-order valence-electron chi connectivity index (χ4n) is 1.96. The van der Waals surface area contributed by atoms with E-state index in [1.54, 1.807) is 11.3 Å². The molecule has 0 spiro atoms. The van der Waals surface area contributed by atoms with Gasteiger partial charge in [0.15, 0.2) is 0 Å². The van der Waals surface area contributed by atoms with E-state index in [0.717, 1.165) is 42.8 Å². The van der Waals surface area contributed by atoms with Crippen LogP contribution in [0.15, 0.2) is 38.6 Å². The second-order valence-electron chi connectivity index (χ2n) is 4.73. The number of ether oxygens (including phenoxy) is 1. The van der Waals surface area contributed by atoms with E-state index in [0.29, 0.717) is 0 Å². The third-order valence-electron chi connectivity index (χ3n) is 2.98. The van der Waals surface area contributed by atoms with Crippen LogP contribution < -0.4 is 10.1 Å². The van der Waals surface area contributed by atoms with Crippen LogP contribution in [-0.2, 0) is 13.0 Å². The molecule has 0 unspecified atom stereocenters. The Kier molecular flexibility index (Phi) is 7.23. The van der Waals surface area contributed by atoms with Gasteiger partial charge in [0.1, 0.15) is 5.75 Å². The smallest absolute Gasteiger partial charge is 0.123 e. The maximum atomic E-state index is 5.79. The average molecular weight is 433 g/mol. The summed E-state index contributed by atoms with van der Waals surface area (Å²) in [7, 11) is 0. The van der Waals surface area contributed by atoms with Crippen molar-refractivity contribution in [3.8, 4) is 5.75 Å². The van der Waals surface area contributed by atoms with E-state index in [1.165, 1.54) is 14.2 Å². The summed E-state index contributed by atoms with van der Waals surface area (Å²) in [6.45, 7) is 4.67.